The number of hydrogen-bond acceptors (Lipinski definition) is 3. The number of aromatic nitrogens is 3. The number of primary amides is 1. The van der Waals surface area contributed by atoms with Crippen molar-refractivity contribution in [2.45, 2.75) is 19.4 Å². The Kier molecular flexibility index (Phi) is 3.25. The van der Waals surface area contributed by atoms with E-state index in [2.05, 4.69) is 10.3 Å². The fourth-order valence-electron chi connectivity index (χ4n) is 0.935. The number of carbonyl (C=O) groups is 1. The van der Waals surface area contributed by atoms with E-state index in [1.54, 1.807) is 4.68 Å². The molecule has 0 aliphatic heterocycles. The molecule has 6 heteroatoms. The number of amides is 1. The SMILES string of the molecule is CC[C@H](CCl)n1cc(C(N)=O)nn1. The van der Waals surface area contributed by atoms with Gasteiger partial charge >= 0.3 is 0 Å². The number of halogens is 1. The summed E-state index contributed by atoms with van der Waals surface area (Å²) in [4.78, 5) is 10.7. The van der Waals surface area contributed by atoms with Gasteiger partial charge in [0.1, 0.15) is 0 Å². The van der Waals surface area contributed by atoms with Crippen LogP contribution in [0.15, 0.2) is 6.20 Å². The molecule has 2 N–H and O–H groups in total. The number of carbonyl (C=O) groups excluding carboxylic acids is 1. The summed E-state index contributed by atoms with van der Waals surface area (Å²) in [5.41, 5.74) is 5.19. The number of nitrogens with zero attached hydrogens (tertiary/aromatic N) is 3. The van der Waals surface area contributed by atoms with Gasteiger partial charge in [0, 0.05) is 5.88 Å². The third kappa shape index (κ3) is 2.18. The molecule has 0 saturated carbocycles. The molecule has 0 aliphatic rings. The molecule has 1 atom stereocenters. The van der Waals surface area contributed by atoms with Gasteiger partial charge in [-0.05, 0) is 6.42 Å². The molecule has 0 aliphatic carbocycles. The van der Waals surface area contributed by atoms with Crippen molar-refractivity contribution in [3.8, 4) is 0 Å². The second-order valence-corrected chi connectivity index (χ2v) is 2.97. The quantitative estimate of drug-likeness (QED) is 0.726. The lowest BCUT2D eigenvalue weighted by molar-refractivity contribution is 0.0995. The Morgan fingerprint density at radius 2 is 2.54 bits per heavy atom. The van der Waals surface area contributed by atoms with Gasteiger partial charge in [-0.25, -0.2) is 4.68 Å². The van der Waals surface area contributed by atoms with Gasteiger partial charge in [-0.3, -0.25) is 4.79 Å². The lowest BCUT2D eigenvalue weighted by Crippen LogP contribution is -2.12. The van der Waals surface area contributed by atoms with Crippen molar-refractivity contribution in [2.75, 3.05) is 5.88 Å². The van der Waals surface area contributed by atoms with Crippen LogP contribution in [0.4, 0.5) is 0 Å². The van der Waals surface area contributed by atoms with Crippen molar-refractivity contribution < 1.29 is 4.79 Å². The molecule has 0 bridgehead atoms. The zero-order valence-electron chi connectivity index (χ0n) is 7.27. The molecule has 13 heavy (non-hydrogen) atoms. The summed E-state index contributed by atoms with van der Waals surface area (Å²) in [7, 11) is 0. The summed E-state index contributed by atoms with van der Waals surface area (Å²) in [6.45, 7) is 1.98. The predicted octanol–water partition coefficient (Wildman–Crippen LogP) is 0.567. The Balaban J connectivity index is 2.84. The Labute approximate surface area is 80.9 Å². The minimum atomic E-state index is -0.573. The molecule has 0 aromatic carbocycles. The van der Waals surface area contributed by atoms with E-state index >= 15 is 0 Å². The van der Waals surface area contributed by atoms with Gasteiger partial charge in [0.2, 0.25) is 0 Å². The minimum absolute atomic E-state index is 0.0715. The van der Waals surface area contributed by atoms with Gasteiger partial charge in [-0.15, -0.1) is 16.7 Å². The summed E-state index contributed by atoms with van der Waals surface area (Å²) in [6, 6.07) is 0.0715. The molecule has 0 radical (unpaired) electrons. The van der Waals surface area contributed by atoms with Crippen LogP contribution < -0.4 is 5.73 Å². The highest BCUT2D eigenvalue weighted by atomic mass is 35.5. The fourth-order valence-corrected chi connectivity index (χ4v) is 1.29. The monoisotopic (exact) mass is 202 g/mol. The Hall–Kier alpha value is -1.10. The van der Waals surface area contributed by atoms with Gasteiger partial charge in [-0.1, -0.05) is 12.1 Å². The Bertz CT molecular complexity index is 294. The molecule has 1 rings (SSSR count). The summed E-state index contributed by atoms with van der Waals surface area (Å²) in [6.07, 6.45) is 2.35. The molecule has 0 fully saturated rings. The number of rotatable bonds is 4. The number of nitrogens with two attached hydrogens (primary N) is 1. The Morgan fingerprint density at radius 1 is 1.85 bits per heavy atom. The predicted molar refractivity (Wildman–Crippen MR) is 48.6 cm³/mol. The van der Waals surface area contributed by atoms with Crippen LogP contribution in [-0.4, -0.2) is 26.8 Å². The lowest BCUT2D eigenvalue weighted by atomic mass is 10.3. The molecule has 1 amide bonds. The average molecular weight is 203 g/mol. The summed E-state index contributed by atoms with van der Waals surface area (Å²) in [5, 5.41) is 7.37. The summed E-state index contributed by atoms with van der Waals surface area (Å²) < 4.78 is 1.56. The molecule has 0 spiro atoms. The van der Waals surface area contributed by atoms with Crippen LogP contribution in [0.1, 0.15) is 29.9 Å². The van der Waals surface area contributed by atoms with E-state index in [9.17, 15) is 4.79 Å². The third-order valence-corrected chi connectivity index (χ3v) is 2.14. The maximum Gasteiger partial charge on any atom is 0.270 e. The van der Waals surface area contributed by atoms with E-state index < -0.39 is 5.91 Å². The second kappa shape index (κ2) is 4.23. The molecular weight excluding hydrogens is 192 g/mol. The third-order valence-electron chi connectivity index (χ3n) is 1.79. The normalized spacial score (nSPS) is 12.8. The first-order chi connectivity index (χ1) is 6.19. The largest absolute Gasteiger partial charge is 0.364 e. The molecule has 72 valence electrons. The molecule has 1 aromatic heterocycles. The van der Waals surface area contributed by atoms with Crippen LogP contribution in [0.5, 0.6) is 0 Å². The van der Waals surface area contributed by atoms with Crippen molar-refractivity contribution in [1.82, 2.24) is 15.0 Å². The van der Waals surface area contributed by atoms with Crippen LogP contribution in [0.25, 0.3) is 0 Å². The number of hydrogen-bond donors (Lipinski definition) is 1. The van der Waals surface area contributed by atoms with Gasteiger partial charge < -0.3 is 5.73 Å². The van der Waals surface area contributed by atoms with Gasteiger partial charge in [0.25, 0.3) is 5.91 Å². The zero-order valence-corrected chi connectivity index (χ0v) is 8.03. The van der Waals surface area contributed by atoms with E-state index in [0.29, 0.717) is 5.88 Å². The first-order valence-electron chi connectivity index (χ1n) is 3.96. The molecular formula is C7H11ClN4O. The highest BCUT2D eigenvalue weighted by Crippen LogP contribution is 2.11. The van der Waals surface area contributed by atoms with E-state index in [0.717, 1.165) is 6.42 Å². The molecule has 5 nitrogen and oxygen atoms in total. The summed E-state index contributed by atoms with van der Waals surface area (Å²) in [5.74, 6) is -0.131. The van der Waals surface area contributed by atoms with E-state index in [1.807, 2.05) is 6.92 Å². The van der Waals surface area contributed by atoms with Crippen molar-refractivity contribution in [2.24, 2.45) is 5.73 Å². The molecule has 1 aromatic rings. The fraction of sp³-hybridized carbons (Fsp3) is 0.571. The topological polar surface area (TPSA) is 73.8 Å². The van der Waals surface area contributed by atoms with Crippen molar-refractivity contribution >= 4 is 17.5 Å². The van der Waals surface area contributed by atoms with Gasteiger partial charge in [-0.2, -0.15) is 0 Å². The van der Waals surface area contributed by atoms with Crippen LogP contribution in [0, 0.1) is 0 Å². The lowest BCUT2D eigenvalue weighted by Gasteiger charge is -2.09. The van der Waals surface area contributed by atoms with Crippen LogP contribution in [0.3, 0.4) is 0 Å². The average Bonchev–Trinajstić information content (AvgIpc) is 2.56. The smallest absolute Gasteiger partial charge is 0.270 e. The zero-order chi connectivity index (χ0) is 9.84. The number of alkyl halides is 1. The van der Waals surface area contributed by atoms with Crippen LogP contribution in [0.2, 0.25) is 0 Å². The van der Waals surface area contributed by atoms with Crippen molar-refractivity contribution in [1.29, 1.82) is 0 Å². The maximum absolute atomic E-state index is 10.7. The Morgan fingerprint density at radius 3 is 2.92 bits per heavy atom. The molecule has 0 unspecified atom stereocenters. The van der Waals surface area contributed by atoms with E-state index in [-0.39, 0.29) is 11.7 Å². The minimum Gasteiger partial charge on any atom is -0.364 e. The first kappa shape index (κ1) is 9.98. The second-order valence-electron chi connectivity index (χ2n) is 2.66. The summed E-state index contributed by atoms with van der Waals surface area (Å²) >= 11 is 5.69. The van der Waals surface area contributed by atoms with Gasteiger partial charge in [0.05, 0.1) is 12.2 Å². The highest BCUT2D eigenvalue weighted by molar-refractivity contribution is 6.18. The molecule has 1 heterocycles. The molecule has 0 saturated heterocycles. The van der Waals surface area contributed by atoms with E-state index in [4.69, 9.17) is 17.3 Å². The van der Waals surface area contributed by atoms with Crippen LogP contribution in [-0.2, 0) is 0 Å². The van der Waals surface area contributed by atoms with Gasteiger partial charge in [0.15, 0.2) is 5.69 Å². The van der Waals surface area contributed by atoms with E-state index in [1.165, 1.54) is 6.20 Å². The van der Waals surface area contributed by atoms with Crippen molar-refractivity contribution in [3.63, 3.8) is 0 Å². The maximum atomic E-state index is 10.7. The highest BCUT2D eigenvalue weighted by Gasteiger charge is 2.12. The first-order valence-corrected chi connectivity index (χ1v) is 4.50. The van der Waals surface area contributed by atoms with Crippen molar-refractivity contribution in [3.05, 3.63) is 11.9 Å². The van der Waals surface area contributed by atoms with Crippen LogP contribution >= 0.6 is 11.6 Å². The standard InChI is InChI=1S/C7H11ClN4O/c1-2-5(3-8)12-4-6(7(9)13)10-11-12/h4-5H,2-3H2,1H3,(H2,9,13)/t5-/m1/s1.